The van der Waals surface area contributed by atoms with Gasteiger partial charge in [0.25, 0.3) is 5.84 Å². The van der Waals surface area contributed by atoms with Crippen LogP contribution in [0.2, 0.25) is 0 Å². The number of anilines is 1. The van der Waals surface area contributed by atoms with Crippen LogP contribution in [0.4, 0.5) is 5.69 Å². The number of amidine groups is 1. The van der Waals surface area contributed by atoms with E-state index in [0.29, 0.717) is 5.69 Å². The van der Waals surface area contributed by atoms with E-state index in [-0.39, 0.29) is 23.7 Å². The Bertz CT molecular complexity index is 1010. The number of carbonyl (C=O) groups is 2. The van der Waals surface area contributed by atoms with Crippen LogP contribution in [0.15, 0.2) is 60.7 Å². The lowest BCUT2D eigenvalue weighted by Gasteiger charge is -2.08. The second-order valence-corrected chi connectivity index (χ2v) is 5.96. The standard InChI is InChI=1S/C20H17N3O3/c21-19(22)16-6-5-15-11-17(8-7-14(15)10-16)23-18(24)9-12-1-3-13(4-2-12)20(25)26/h1-8,10-11H,9H2,(H3,21,22)(H,23,24)(H,25,26)/p+1. The molecule has 3 aromatic rings. The summed E-state index contributed by atoms with van der Waals surface area (Å²) in [4.78, 5) is 23.1. The molecule has 0 saturated heterocycles. The molecule has 0 aromatic heterocycles. The summed E-state index contributed by atoms with van der Waals surface area (Å²) in [6.45, 7) is 0. The average molecular weight is 348 g/mol. The van der Waals surface area contributed by atoms with Gasteiger partial charge in [0.05, 0.1) is 17.5 Å². The lowest BCUT2D eigenvalue weighted by atomic mass is 10.1. The molecule has 0 fully saturated rings. The number of nitrogens with two attached hydrogens (primary N) is 2. The molecule has 3 aromatic carbocycles. The van der Waals surface area contributed by atoms with Crippen molar-refractivity contribution < 1.29 is 20.1 Å². The van der Waals surface area contributed by atoms with E-state index in [1.165, 1.54) is 12.1 Å². The molecule has 0 atom stereocenters. The third-order valence-corrected chi connectivity index (χ3v) is 4.02. The van der Waals surface area contributed by atoms with Crippen LogP contribution in [0.1, 0.15) is 21.5 Å². The van der Waals surface area contributed by atoms with Gasteiger partial charge in [-0.1, -0.05) is 24.3 Å². The lowest BCUT2D eigenvalue weighted by molar-refractivity contribution is -0.116. The van der Waals surface area contributed by atoms with Gasteiger partial charge < -0.3 is 10.4 Å². The largest absolute Gasteiger partial charge is 0.478 e. The van der Waals surface area contributed by atoms with Crippen LogP contribution in [-0.2, 0) is 11.2 Å². The van der Waals surface area contributed by atoms with Gasteiger partial charge in [-0.25, -0.2) is 4.79 Å². The van der Waals surface area contributed by atoms with Crippen molar-refractivity contribution in [1.29, 1.82) is 0 Å². The first kappa shape index (κ1) is 17.2. The SMILES string of the molecule is NC(=[NH2+])c1ccc2cc(NC(=O)Cc3ccc(C(=O)O)cc3)ccc2c1. The molecule has 0 saturated carbocycles. The molecule has 6 heteroatoms. The Kier molecular flexibility index (Phi) is 4.66. The molecule has 0 aliphatic heterocycles. The van der Waals surface area contributed by atoms with Gasteiger partial charge in [-0.15, -0.1) is 0 Å². The summed E-state index contributed by atoms with van der Waals surface area (Å²) >= 11 is 0. The Labute approximate surface area is 149 Å². The molecule has 130 valence electrons. The van der Waals surface area contributed by atoms with E-state index >= 15 is 0 Å². The Balaban J connectivity index is 1.71. The maximum absolute atomic E-state index is 12.2. The maximum Gasteiger partial charge on any atom is 0.335 e. The van der Waals surface area contributed by atoms with Crippen LogP contribution < -0.4 is 16.5 Å². The second kappa shape index (κ2) is 7.06. The molecule has 0 radical (unpaired) electrons. The number of aromatic carboxylic acids is 1. The molecule has 26 heavy (non-hydrogen) atoms. The van der Waals surface area contributed by atoms with E-state index in [9.17, 15) is 9.59 Å². The summed E-state index contributed by atoms with van der Waals surface area (Å²) < 4.78 is 0. The van der Waals surface area contributed by atoms with Crippen molar-refractivity contribution in [3.05, 3.63) is 77.4 Å². The van der Waals surface area contributed by atoms with E-state index in [2.05, 4.69) is 5.32 Å². The number of benzene rings is 3. The summed E-state index contributed by atoms with van der Waals surface area (Å²) in [6.07, 6.45) is 0.162. The zero-order valence-corrected chi connectivity index (χ0v) is 13.9. The van der Waals surface area contributed by atoms with E-state index < -0.39 is 5.97 Å². The third-order valence-electron chi connectivity index (χ3n) is 4.02. The second-order valence-electron chi connectivity index (χ2n) is 5.96. The van der Waals surface area contributed by atoms with Crippen molar-refractivity contribution in [3.63, 3.8) is 0 Å². The summed E-state index contributed by atoms with van der Waals surface area (Å²) in [5.41, 5.74) is 7.99. The quantitative estimate of drug-likeness (QED) is 0.409. The molecule has 0 unspecified atom stereocenters. The van der Waals surface area contributed by atoms with Crippen molar-refractivity contribution in [3.8, 4) is 0 Å². The highest BCUT2D eigenvalue weighted by molar-refractivity contribution is 5.99. The van der Waals surface area contributed by atoms with Crippen molar-refractivity contribution in [2.45, 2.75) is 6.42 Å². The number of amides is 1. The fourth-order valence-corrected chi connectivity index (χ4v) is 2.66. The zero-order valence-electron chi connectivity index (χ0n) is 13.9. The van der Waals surface area contributed by atoms with E-state index in [4.69, 9.17) is 16.2 Å². The number of fused-ring (bicyclic) bond motifs is 1. The van der Waals surface area contributed by atoms with Crippen LogP contribution in [0.25, 0.3) is 10.8 Å². The number of carboxylic acids is 1. The normalized spacial score (nSPS) is 10.5. The van der Waals surface area contributed by atoms with Gasteiger partial charge in [0.1, 0.15) is 0 Å². The molecular formula is C20H18N3O3+. The maximum atomic E-state index is 12.2. The first-order chi connectivity index (χ1) is 12.4. The zero-order chi connectivity index (χ0) is 18.7. The molecule has 6 nitrogen and oxygen atoms in total. The van der Waals surface area contributed by atoms with Gasteiger partial charge in [0.15, 0.2) is 0 Å². The predicted octanol–water partition coefficient (Wildman–Crippen LogP) is 1.18. The Hall–Kier alpha value is -3.67. The molecule has 0 spiro atoms. The summed E-state index contributed by atoms with van der Waals surface area (Å²) in [5.74, 6) is -0.906. The van der Waals surface area contributed by atoms with Crippen molar-refractivity contribution in [2.24, 2.45) is 5.73 Å². The summed E-state index contributed by atoms with van der Waals surface area (Å²) in [6, 6.07) is 17.4. The predicted molar refractivity (Wildman–Crippen MR) is 99.9 cm³/mol. The minimum absolute atomic E-state index is 0.162. The monoisotopic (exact) mass is 348 g/mol. The first-order valence-electron chi connectivity index (χ1n) is 7.96. The van der Waals surface area contributed by atoms with Gasteiger partial charge in [-0.2, -0.15) is 0 Å². The van der Waals surface area contributed by atoms with E-state index in [0.717, 1.165) is 21.9 Å². The minimum atomic E-state index is -0.991. The molecule has 0 aliphatic carbocycles. The number of nitrogens with one attached hydrogen (secondary N) is 1. The molecule has 0 heterocycles. The van der Waals surface area contributed by atoms with Crippen LogP contribution in [0.5, 0.6) is 0 Å². The van der Waals surface area contributed by atoms with Crippen molar-refractivity contribution >= 4 is 34.2 Å². The van der Waals surface area contributed by atoms with Gasteiger partial charge in [0, 0.05) is 5.69 Å². The lowest BCUT2D eigenvalue weighted by Crippen LogP contribution is -2.46. The molecular weight excluding hydrogens is 330 g/mol. The summed E-state index contributed by atoms with van der Waals surface area (Å²) in [7, 11) is 0. The number of hydrogen-bond donors (Lipinski definition) is 4. The van der Waals surface area contributed by atoms with Crippen LogP contribution in [0.3, 0.4) is 0 Å². The molecule has 3 rings (SSSR count). The highest BCUT2D eigenvalue weighted by atomic mass is 16.4. The van der Waals surface area contributed by atoms with Crippen LogP contribution >= 0.6 is 0 Å². The number of rotatable bonds is 5. The fourth-order valence-electron chi connectivity index (χ4n) is 2.66. The van der Waals surface area contributed by atoms with Gasteiger partial charge in [-0.05, 0) is 52.7 Å². The van der Waals surface area contributed by atoms with Gasteiger partial charge >= 0.3 is 5.97 Å². The molecule has 1 amide bonds. The fraction of sp³-hybridized carbons (Fsp3) is 0.0500. The third kappa shape index (κ3) is 3.87. The summed E-state index contributed by atoms with van der Waals surface area (Å²) in [5, 5.41) is 19.3. The van der Waals surface area contributed by atoms with Gasteiger partial charge in [0.2, 0.25) is 5.91 Å². The van der Waals surface area contributed by atoms with Crippen LogP contribution in [0, 0.1) is 0 Å². The van der Waals surface area contributed by atoms with Gasteiger partial charge in [-0.3, -0.25) is 15.9 Å². The molecule has 0 bridgehead atoms. The van der Waals surface area contributed by atoms with E-state index in [1.54, 1.807) is 12.1 Å². The van der Waals surface area contributed by atoms with Crippen molar-refractivity contribution in [2.75, 3.05) is 5.32 Å². The average Bonchev–Trinajstić information content (AvgIpc) is 2.61. The highest BCUT2D eigenvalue weighted by Gasteiger charge is 2.08. The first-order valence-corrected chi connectivity index (χ1v) is 7.96. The van der Waals surface area contributed by atoms with Crippen LogP contribution in [-0.4, -0.2) is 22.8 Å². The highest BCUT2D eigenvalue weighted by Crippen LogP contribution is 2.20. The number of carboxylic acid groups (broad SMARTS) is 1. The topological polar surface area (TPSA) is 118 Å². The number of carbonyl (C=O) groups excluding carboxylic acids is 1. The number of hydrogen-bond acceptors (Lipinski definition) is 2. The Morgan fingerprint density at radius 2 is 1.54 bits per heavy atom. The van der Waals surface area contributed by atoms with E-state index in [1.807, 2.05) is 36.4 Å². The molecule has 6 N–H and O–H groups in total. The smallest absolute Gasteiger partial charge is 0.335 e. The molecule has 0 aliphatic rings. The Morgan fingerprint density at radius 3 is 2.19 bits per heavy atom. The van der Waals surface area contributed by atoms with Crippen molar-refractivity contribution in [1.82, 2.24) is 0 Å². The minimum Gasteiger partial charge on any atom is -0.478 e. The Morgan fingerprint density at radius 1 is 0.923 bits per heavy atom.